The summed E-state index contributed by atoms with van der Waals surface area (Å²) < 4.78 is 2.20. The summed E-state index contributed by atoms with van der Waals surface area (Å²) in [6, 6.07) is 14.3. The summed E-state index contributed by atoms with van der Waals surface area (Å²) in [7, 11) is 0. The Labute approximate surface area is 112 Å². The number of nitrogen functional groups attached to an aromatic ring is 1. The van der Waals surface area contributed by atoms with E-state index < -0.39 is 0 Å². The molecule has 0 unspecified atom stereocenters. The molecule has 3 aromatic rings. The number of imidazole rings is 1. The lowest BCUT2D eigenvalue weighted by Gasteiger charge is -2.04. The molecule has 2 aromatic carbocycles. The van der Waals surface area contributed by atoms with E-state index in [1.807, 2.05) is 30.6 Å². The van der Waals surface area contributed by atoms with Gasteiger partial charge in [-0.05, 0) is 41.8 Å². The van der Waals surface area contributed by atoms with Crippen LogP contribution in [0, 0.1) is 0 Å². The first-order valence-corrected chi connectivity index (χ1v) is 6.59. The second-order valence-corrected chi connectivity index (χ2v) is 4.76. The molecule has 0 amide bonds. The number of nitrogens with two attached hydrogens (primary N) is 1. The number of aromatic nitrogens is 2. The Hall–Kier alpha value is -2.29. The molecular formula is C16H17N3. The number of fused-ring (bicyclic) bond motifs is 1. The number of hydrogen-bond donors (Lipinski definition) is 1. The first-order chi connectivity index (χ1) is 9.28. The number of aryl methyl sites for hydroxylation is 1. The largest absolute Gasteiger partial charge is 0.399 e. The maximum atomic E-state index is 5.72. The van der Waals surface area contributed by atoms with E-state index in [2.05, 4.69) is 34.7 Å². The standard InChI is InChI=1S/C16H17N3/c1-2-9-19-11-18-15-10-13(5-8-16(15)19)12-3-6-14(17)7-4-12/h3-8,10-11H,2,9,17H2,1H3. The maximum absolute atomic E-state index is 5.72. The van der Waals surface area contributed by atoms with E-state index in [0.717, 1.165) is 24.2 Å². The van der Waals surface area contributed by atoms with Crippen LogP contribution in [0.25, 0.3) is 22.2 Å². The second kappa shape index (κ2) is 4.76. The summed E-state index contributed by atoms with van der Waals surface area (Å²) in [5.74, 6) is 0. The molecular weight excluding hydrogens is 234 g/mol. The summed E-state index contributed by atoms with van der Waals surface area (Å²) in [6.07, 6.45) is 3.03. The monoisotopic (exact) mass is 251 g/mol. The van der Waals surface area contributed by atoms with Gasteiger partial charge in [0, 0.05) is 12.2 Å². The molecule has 0 radical (unpaired) electrons. The predicted octanol–water partition coefficient (Wildman–Crippen LogP) is 3.70. The Kier molecular flexibility index (Phi) is 2.95. The van der Waals surface area contributed by atoms with E-state index in [-0.39, 0.29) is 0 Å². The molecule has 0 saturated carbocycles. The van der Waals surface area contributed by atoms with Crippen molar-refractivity contribution in [1.82, 2.24) is 9.55 Å². The number of nitrogens with zero attached hydrogens (tertiary/aromatic N) is 2. The van der Waals surface area contributed by atoms with Crippen LogP contribution >= 0.6 is 0 Å². The van der Waals surface area contributed by atoms with E-state index in [9.17, 15) is 0 Å². The predicted molar refractivity (Wildman–Crippen MR) is 79.9 cm³/mol. The fourth-order valence-corrected chi connectivity index (χ4v) is 2.34. The Balaban J connectivity index is 2.04. The van der Waals surface area contributed by atoms with Gasteiger partial charge in [0.25, 0.3) is 0 Å². The van der Waals surface area contributed by atoms with Crippen molar-refractivity contribution in [3.05, 3.63) is 48.8 Å². The van der Waals surface area contributed by atoms with Gasteiger partial charge in [-0.1, -0.05) is 25.1 Å². The van der Waals surface area contributed by atoms with Crippen molar-refractivity contribution >= 4 is 16.7 Å². The lowest BCUT2D eigenvalue weighted by atomic mass is 10.0. The smallest absolute Gasteiger partial charge is 0.0958 e. The number of benzene rings is 2. The Morgan fingerprint density at radius 3 is 2.53 bits per heavy atom. The highest BCUT2D eigenvalue weighted by atomic mass is 15.0. The van der Waals surface area contributed by atoms with Crippen LogP contribution < -0.4 is 5.73 Å². The minimum absolute atomic E-state index is 0.789. The van der Waals surface area contributed by atoms with E-state index in [1.54, 1.807) is 0 Å². The van der Waals surface area contributed by atoms with Gasteiger partial charge in [0.05, 0.1) is 17.4 Å². The van der Waals surface area contributed by atoms with Crippen LogP contribution in [0.15, 0.2) is 48.8 Å². The molecule has 0 aliphatic heterocycles. The Morgan fingerprint density at radius 2 is 1.79 bits per heavy atom. The molecule has 0 saturated heterocycles. The van der Waals surface area contributed by atoms with Gasteiger partial charge in [0.2, 0.25) is 0 Å². The fourth-order valence-electron chi connectivity index (χ4n) is 2.34. The Bertz CT molecular complexity index is 696. The molecule has 0 atom stereocenters. The lowest BCUT2D eigenvalue weighted by molar-refractivity contribution is 0.697. The summed E-state index contributed by atoms with van der Waals surface area (Å²) in [4.78, 5) is 4.48. The summed E-state index contributed by atoms with van der Waals surface area (Å²) in [5.41, 5.74) is 11.1. The maximum Gasteiger partial charge on any atom is 0.0958 e. The van der Waals surface area contributed by atoms with E-state index >= 15 is 0 Å². The van der Waals surface area contributed by atoms with Gasteiger partial charge >= 0.3 is 0 Å². The third-order valence-electron chi connectivity index (χ3n) is 3.33. The highest BCUT2D eigenvalue weighted by Crippen LogP contribution is 2.24. The molecule has 2 N–H and O–H groups in total. The van der Waals surface area contributed by atoms with Crippen LogP contribution in [0.3, 0.4) is 0 Å². The molecule has 3 heteroatoms. The van der Waals surface area contributed by atoms with Gasteiger partial charge < -0.3 is 10.3 Å². The molecule has 0 bridgehead atoms. The molecule has 96 valence electrons. The highest BCUT2D eigenvalue weighted by Gasteiger charge is 2.04. The summed E-state index contributed by atoms with van der Waals surface area (Å²) in [6.45, 7) is 3.19. The van der Waals surface area contributed by atoms with Gasteiger partial charge in [-0.25, -0.2) is 4.98 Å². The summed E-state index contributed by atoms with van der Waals surface area (Å²) in [5, 5.41) is 0. The van der Waals surface area contributed by atoms with Gasteiger partial charge in [0.1, 0.15) is 0 Å². The molecule has 1 heterocycles. The van der Waals surface area contributed by atoms with Crippen molar-refractivity contribution < 1.29 is 0 Å². The average molecular weight is 251 g/mol. The molecule has 0 aliphatic carbocycles. The van der Waals surface area contributed by atoms with E-state index in [4.69, 9.17) is 5.73 Å². The third-order valence-corrected chi connectivity index (χ3v) is 3.33. The zero-order chi connectivity index (χ0) is 13.2. The Morgan fingerprint density at radius 1 is 1.05 bits per heavy atom. The summed E-state index contributed by atoms with van der Waals surface area (Å²) >= 11 is 0. The van der Waals surface area contributed by atoms with Gasteiger partial charge in [-0.15, -0.1) is 0 Å². The van der Waals surface area contributed by atoms with Crippen molar-refractivity contribution in [2.24, 2.45) is 0 Å². The number of rotatable bonds is 3. The minimum Gasteiger partial charge on any atom is -0.399 e. The van der Waals surface area contributed by atoms with Crippen LogP contribution in [0.1, 0.15) is 13.3 Å². The van der Waals surface area contributed by atoms with Crippen molar-refractivity contribution in [3.63, 3.8) is 0 Å². The first-order valence-electron chi connectivity index (χ1n) is 6.59. The van der Waals surface area contributed by atoms with Crippen LogP contribution in [0.4, 0.5) is 5.69 Å². The zero-order valence-electron chi connectivity index (χ0n) is 11.0. The molecule has 3 nitrogen and oxygen atoms in total. The second-order valence-electron chi connectivity index (χ2n) is 4.76. The third kappa shape index (κ3) is 2.19. The zero-order valence-corrected chi connectivity index (χ0v) is 11.0. The quantitative estimate of drug-likeness (QED) is 0.721. The number of hydrogen-bond acceptors (Lipinski definition) is 2. The molecule has 0 fully saturated rings. The van der Waals surface area contributed by atoms with Crippen LogP contribution in [0.2, 0.25) is 0 Å². The highest BCUT2D eigenvalue weighted by molar-refractivity contribution is 5.82. The average Bonchev–Trinajstić information content (AvgIpc) is 2.83. The van der Waals surface area contributed by atoms with Crippen LogP contribution in [-0.2, 0) is 6.54 Å². The van der Waals surface area contributed by atoms with Crippen LogP contribution in [-0.4, -0.2) is 9.55 Å². The minimum atomic E-state index is 0.789. The van der Waals surface area contributed by atoms with Crippen molar-refractivity contribution in [1.29, 1.82) is 0 Å². The van der Waals surface area contributed by atoms with E-state index in [1.165, 1.54) is 16.6 Å². The van der Waals surface area contributed by atoms with Crippen molar-refractivity contribution in [3.8, 4) is 11.1 Å². The van der Waals surface area contributed by atoms with E-state index in [0.29, 0.717) is 0 Å². The first kappa shape index (κ1) is 11.8. The molecule has 1 aromatic heterocycles. The molecule has 0 spiro atoms. The lowest BCUT2D eigenvalue weighted by Crippen LogP contribution is -1.93. The van der Waals surface area contributed by atoms with Crippen LogP contribution in [0.5, 0.6) is 0 Å². The number of anilines is 1. The SMILES string of the molecule is CCCn1cnc2cc(-c3ccc(N)cc3)ccc21. The molecule has 19 heavy (non-hydrogen) atoms. The van der Waals surface area contributed by atoms with Crippen molar-refractivity contribution in [2.45, 2.75) is 19.9 Å². The van der Waals surface area contributed by atoms with Crippen molar-refractivity contribution in [2.75, 3.05) is 5.73 Å². The molecule has 3 rings (SSSR count). The van der Waals surface area contributed by atoms with Gasteiger partial charge in [0.15, 0.2) is 0 Å². The molecule has 0 aliphatic rings. The topological polar surface area (TPSA) is 43.8 Å². The fraction of sp³-hybridized carbons (Fsp3) is 0.188. The van der Waals surface area contributed by atoms with Gasteiger partial charge in [-0.3, -0.25) is 0 Å². The normalized spacial score (nSPS) is 11.0. The van der Waals surface area contributed by atoms with Gasteiger partial charge in [-0.2, -0.15) is 0 Å².